The second-order valence-corrected chi connectivity index (χ2v) is 8.12. The quantitative estimate of drug-likeness (QED) is 0.791. The summed E-state index contributed by atoms with van der Waals surface area (Å²) in [4.78, 5) is 17.7. The van der Waals surface area contributed by atoms with Gasteiger partial charge in [0.1, 0.15) is 0 Å². The molecule has 1 aromatic heterocycles. The van der Waals surface area contributed by atoms with Crippen molar-refractivity contribution < 1.29 is 4.79 Å². The number of thioether (sulfide) groups is 1. The van der Waals surface area contributed by atoms with Gasteiger partial charge in [-0.05, 0) is 12.1 Å². The Bertz CT molecular complexity index is 647. The van der Waals surface area contributed by atoms with E-state index in [0.29, 0.717) is 0 Å². The summed E-state index contributed by atoms with van der Waals surface area (Å²) in [5, 5.41) is 4.56. The lowest BCUT2D eigenvalue weighted by Gasteiger charge is -2.13. The summed E-state index contributed by atoms with van der Waals surface area (Å²) in [7, 11) is 0. The highest BCUT2D eigenvalue weighted by Gasteiger charge is 2.17. The van der Waals surface area contributed by atoms with Crippen LogP contribution in [0.15, 0.2) is 35.4 Å². The number of nitrogens with one attached hydrogen (secondary N) is 1. The molecule has 0 aliphatic rings. The number of primary amides is 1. The first-order valence-electron chi connectivity index (χ1n) is 7.05. The minimum absolute atomic E-state index is 0.0815. The van der Waals surface area contributed by atoms with Gasteiger partial charge < -0.3 is 11.1 Å². The monoisotopic (exact) mass is 335 g/mol. The lowest BCUT2D eigenvalue weighted by molar-refractivity contribution is -0.115. The van der Waals surface area contributed by atoms with Crippen LogP contribution in [0.2, 0.25) is 0 Å². The SMILES string of the molecule is CC(C)(C)c1ncc(CNc2ccccc2SCC(N)=O)s1. The number of hydrogen-bond acceptors (Lipinski definition) is 5. The normalized spacial score (nSPS) is 11.4. The Hall–Kier alpha value is -1.53. The maximum Gasteiger partial charge on any atom is 0.227 e. The molecule has 0 fully saturated rings. The van der Waals surface area contributed by atoms with E-state index in [1.165, 1.54) is 16.6 Å². The number of nitrogens with two attached hydrogens (primary N) is 1. The molecule has 118 valence electrons. The van der Waals surface area contributed by atoms with Gasteiger partial charge in [-0.2, -0.15) is 0 Å². The van der Waals surface area contributed by atoms with Crippen LogP contribution >= 0.6 is 23.1 Å². The van der Waals surface area contributed by atoms with Crippen LogP contribution in [-0.4, -0.2) is 16.6 Å². The van der Waals surface area contributed by atoms with Crippen molar-refractivity contribution in [1.29, 1.82) is 0 Å². The number of carbonyl (C=O) groups is 1. The van der Waals surface area contributed by atoms with Crippen molar-refractivity contribution in [2.45, 2.75) is 37.6 Å². The number of hydrogen-bond donors (Lipinski definition) is 2. The molecule has 0 saturated heterocycles. The summed E-state index contributed by atoms with van der Waals surface area (Å²) in [5.41, 5.74) is 6.31. The number of amides is 1. The fraction of sp³-hybridized carbons (Fsp3) is 0.375. The highest BCUT2D eigenvalue weighted by atomic mass is 32.2. The van der Waals surface area contributed by atoms with Crippen LogP contribution in [0.5, 0.6) is 0 Å². The molecule has 1 amide bonds. The highest BCUT2D eigenvalue weighted by molar-refractivity contribution is 8.00. The van der Waals surface area contributed by atoms with Gasteiger partial charge in [-0.15, -0.1) is 23.1 Å². The lowest BCUT2D eigenvalue weighted by atomic mass is 9.98. The van der Waals surface area contributed by atoms with E-state index in [9.17, 15) is 4.79 Å². The summed E-state index contributed by atoms with van der Waals surface area (Å²) in [6.45, 7) is 7.22. The zero-order chi connectivity index (χ0) is 16.2. The molecule has 6 heteroatoms. The molecule has 0 aliphatic heterocycles. The topological polar surface area (TPSA) is 68.0 Å². The van der Waals surface area contributed by atoms with Gasteiger partial charge in [0.15, 0.2) is 0 Å². The van der Waals surface area contributed by atoms with Crippen LogP contribution in [0.3, 0.4) is 0 Å². The summed E-state index contributed by atoms with van der Waals surface area (Å²) in [6, 6.07) is 7.93. The fourth-order valence-electron chi connectivity index (χ4n) is 1.81. The number of rotatable bonds is 6. The Morgan fingerprint density at radius 2 is 2.09 bits per heavy atom. The van der Waals surface area contributed by atoms with Crippen LogP contribution in [0, 0.1) is 0 Å². The lowest BCUT2D eigenvalue weighted by Crippen LogP contribution is -2.13. The van der Waals surface area contributed by atoms with Gasteiger partial charge in [0, 0.05) is 27.1 Å². The van der Waals surface area contributed by atoms with Gasteiger partial charge in [0.25, 0.3) is 0 Å². The van der Waals surface area contributed by atoms with Crippen molar-refractivity contribution in [1.82, 2.24) is 4.98 Å². The molecular formula is C16H21N3OS2. The third-order valence-electron chi connectivity index (χ3n) is 2.91. The second-order valence-electron chi connectivity index (χ2n) is 5.99. The molecule has 0 saturated carbocycles. The van der Waals surface area contributed by atoms with Crippen LogP contribution < -0.4 is 11.1 Å². The summed E-state index contributed by atoms with van der Waals surface area (Å²) in [6.07, 6.45) is 1.93. The molecule has 1 heterocycles. The van der Waals surface area contributed by atoms with Gasteiger partial charge >= 0.3 is 0 Å². The number of thiazole rings is 1. The van der Waals surface area contributed by atoms with E-state index in [-0.39, 0.29) is 17.1 Å². The standard InChI is InChI=1S/C16H21N3OS2/c1-16(2,3)15-19-9-11(22-15)8-18-12-6-4-5-7-13(12)21-10-14(17)20/h4-7,9,18H,8,10H2,1-3H3,(H2,17,20). The summed E-state index contributed by atoms with van der Waals surface area (Å²) >= 11 is 3.18. The molecular weight excluding hydrogens is 314 g/mol. The van der Waals surface area contributed by atoms with Crippen molar-refractivity contribution >= 4 is 34.7 Å². The number of carbonyl (C=O) groups excluding carboxylic acids is 1. The Labute approximate surface area is 139 Å². The molecule has 0 aliphatic carbocycles. The van der Waals surface area contributed by atoms with E-state index >= 15 is 0 Å². The third kappa shape index (κ3) is 4.74. The van der Waals surface area contributed by atoms with Gasteiger partial charge in [0.2, 0.25) is 5.91 Å². The zero-order valence-corrected chi connectivity index (χ0v) is 14.7. The van der Waals surface area contributed by atoms with E-state index in [2.05, 4.69) is 31.1 Å². The number of aromatic nitrogens is 1. The molecule has 0 atom stereocenters. The average molecular weight is 335 g/mol. The summed E-state index contributed by atoms with van der Waals surface area (Å²) < 4.78 is 0. The molecule has 1 aromatic carbocycles. The van der Waals surface area contributed by atoms with Crippen LogP contribution in [0.25, 0.3) is 0 Å². The van der Waals surface area contributed by atoms with Gasteiger partial charge in [-0.25, -0.2) is 4.98 Å². The van der Waals surface area contributed by atoms with E-state index in [0.717, 1.165) is 22.1 Å². The van der Waals surface area contributed by atoms with Crippen LogP contribution in [-0.2, 0) is 16.8 Å². The first kappa shape index (κ1) is 16.8. The van der Waals surface area contributed by atoms with Crippen molar-refractivity contribution in [2.75, 3.05) is 11.1 Å². The van der Waals surface area contributed by atoms with Gasteiger partial charge in [0.05, 0.1) is 17.3 Å². The van der Waals surface area contributed by atoms with E-state index < -0.39 is 0 Å². The smallest absolute Gasteiger partial charge is 0.227 e. The number of nitrogens with zero attached hydrogens (tertiary/aromatic N) is 1. The van der Waals surface area contributed by atoms with Crippen molar-refractivity contribution in [3.05, 3.63) is 40.3 Å². The minimum Gasteiger partial charge on any atom is -0.379 e. The molecule has 22 heavy (non-hydrogen) atoms. The molecule has 0 bridgehead atoms. The Morgan fingerprint density at radius 3 is 2.73 bits per heavy atom. The molecule has 2 aromatic rings. The molecule has 0 unspecified atom stereocenters. The first-order valence-corrected chi connectivity index (χ1v) is 8.85. The Morgan fingerprint density at radius 1 is 1.36 bits per heavy atom. The number of para-hydroxylation sites is 1. The largest absolute Gasteiger partial charge is 0.379 e. The zero-order valence-electron chi connectivity index (χ0n) is 13.1. The Kier molecular flexibility index (Phi) is 5.47. The number of anilines is 1. The maximum atomic E-state index is 10.9. The van der Waals surface area contributed by atoms with Crippen molar-refractivity contribution in [3.8, 4) is 0 Å². The van der Waals surface area contributed by atoms with E-state index in [1.54, 1.807) is 11.3 Å². The third-order valence-corrected chi connectivity index (χ3v) is 5.42. The van der Waals surface area contributed by atoms with Crippen molar-refractivity contribution in [2.24, 2.45) is 5.73 Å². The molecule has 4 nitrogen and oxygen atoms in total. The Balaban J connectivity index is 2.02. The van der Waals surface area contributed by atoms with Gasteiger partial charge in [-0.1, -0.05) is 32.9 Å². The predicted octanol–water partition coefficient (Wildman–Crippen LogP) is 3.63. The maximum absolute atomic E-state index is 10.9. The van der Waals surface area contributed by atoms with Crippen LogP contribution in [0.4, 0.5) is 5.69 Å². The second kappa shape index (κ2) is 7.15. The predicted molar refractivity (Wildman–Crippen MR) is 94.5 cm³/mol. The molecule has 0 radical (unpaired) electrons. The molecule has 3 N–H and O–H groups in total. The average Bonchev–Trinajstić information content (AvgIpc) is 2.92. The number of benzene rings is 1. The minimum atomic E-state index is -0.308. The highest BCUT2D eigenvalue weighted by Crippen LogP contribution is 2.29. The summed E-state index contributed by atoms with van der Waals surface area (Å²) in [5.74, 6) is -0.0231. The van der Waals surface area contributed by atoms with Crippen molar-refractivity contribution in [3.63, 3.8) is 0 Å². The van der Waals surface area contributed by atoms with E-state index in [4.69, 9.17) is 5.73 Å². The molecule has 0 spiro atoms. The molecule has 2 rings (SSSR count). The van der Waals surface area contributed by atoms with E-state index in [1.807, 2.05) is 30.5 Å². The fourth-order valence-corrected chi connectivity index (χ4v) is 3.48. The van der Waals surface area contributed by atoms with Crippen LogP contribution in [0.1, 0.15) is 30.7 Å². The van der Waals surface area contributed by atoms with Gasteiger partial charge in [-0.3, -0.25) is 4.79 Å². The first-order chi connectivity index (χ1) is 10.4.